The van der Waals surface area contributed by atoms with Gasteiger partial charge in [-0.2, -0.15) is 0 Å². The first-order chi connectivity index (χ1) is 12.3. The van der Waals surface area contributed by atoms with E-state index in [1.165, 1.54) is 128 Å². The molecule has 151 valence electrons. The van der Waals surface area contributed by atoms with Crippen molar-refractivity contribution in [2.45, 2.75) is 149 Å². The minimum atomic E-state index is 1.01. The molecule has 0 fully saturated rings. The Morgan fingerprint density at radius 2 is 0.840 bits per heavy atom. The molecule has 0 nitrogen and oxygen atoms in total. The van der Waals surface area contributed by atoms with Crippen molar-refractivity contribution in [3.8, 4) is 0 Å². The lowest BCUT2D eigenvalue weighted by Crippen LogP contribution is -2.00. The molecule has 0 heteroatoms. The standard InChI is InChI=1S/C25H51/c1-4-7-9-10-11-12-13-14-15-16-17-18-19-21-24-25(22-6-3)23-20-8-5-2/h25H,2,4-24H2,1,3H3. The zero-order valence-electron chi connectivity index (χ0n) is 18.1. The van der Waals surface area contributed by atoms with E-state index in [2.05, 4.69) is 20.8 Å². The predicted molar refractivity (Wildman–Crippen MR) is 117 cm³/mol. The lowest BCUT2D eigenvalue weighted by Gasteiger charge is -2.15. The zero-order valence-corrected chi connectivity index (χ0v) is 18.1. The van der Waals surface area contributed by atoms with Crippen LogP contribution in [0.1, 0.15) is 149 Å². The molecular formula is C25H51. The van der Waals surface area contributed by atoms with E-state index in [1.807, 2.05) is 0 Å². The van der Waals surface area contributed by atoms with E-state index in [9.17, 15) is 0 Å². The Kier molecular flexibility index (Phi) is 22.0. The van der Waals surface area contributed by atoms with Gasteiger partial charge in [-0.15, -0.1) is 0 Å². The summed E-state index contributed by atoms with van der Waals surface area (Å²) in [5.41, 5.74) is 0. The SMILES string of the molecule is [CH2]CCCCC(CCC)CCCCCCCCCCCCCCCC. The Morgan fingerprint density at radius 1 is 0.440 bits per heavy atom. The van der Waals surface area contributed by atoms with Crippen molar-refractivity contribution in [3.63, 3.8) is 0 Å². The smallest absolute Gasteiger partial charge is 0.0414 e. The van der Waals surface area contributed by atoms with Crippen LogP contribution in [0.5, 0.6) is 0 Å². The molecule has 0 aromatic rings. The molecule has 0 aliphatic rings. The van der Waals surface area contributed by atoms with Gasteiger partial charge in [0.2, 0.25) is 0 Å². The van der Waals surface area contributed by atoms with Crippen LogP contribution in [0.15, 0.2) is 0 Å². The summed E-state index contributed by atoms with van der Waals surface area (Å²) in [6.45, 7) is 8.62. The first-order valence-electron chi connectivity index (χ1n) is 12.1. The van der Waals surface area contributed by atoms with Gasteiger partial charge in [-0.1, -0.05) is 156 Å². The monoisotopic (exact) mass is 351 g/mol. The first-order valence-corrected chi connectivity index (χ1v) is 12.1. The van der Waals surface area contributed by atoms with Crippen molar-refractivity contribution in [2.24, 2.45) is 5.92 Å². The first kappa shape index (κ1) is 25.0. The van der Waals surface area contributed by atoms with E-state index in [0.717, 1.165) is 12.3 Å². The van der Waals surface area contributed by atoms with Gasteiger partial charge in [0.1, 0.15) is 0 Å². The molecule has 0 aliphatic carbocycles. The molecule has 1 atom stereocenters. The van der Waals surface area contributed by atoms with Gasteiger partial charge in [0.05, 0.1) is 0 Å². The summed E-state index contributed by atoms with van der Waals surface area (Å²) < 4.78 is 0. The predicted octanol–water partition coefficient (Wildman–Crippen LogP) is 9.67. The molecule has 0 bridgehead atoms. The Labute approximate surface area is 161 Å². The van der Waals surface area contributed by atoms with Crippen molar-refractivity contribution < 1.29 is 0 Å². The summed E-state index contributed by atoms with van der Waals surface area (Å²) in [6, 6.07) is 0. The molecule has 25 heavy (non-hydrogen) atoms. The molecule has 0 aromatic heterocycles. The summed E-state index contributed by atoms with van der Waals surface area (Å²) in [6.07, 6.45) is 30.2. The molecule has 0 amide bonds. The normalized spacial score (nSPS) is 12.6. The van der Waals surface area contributed by atoms with Crippen molar-refractivity contribution in [2.75, 3.05) is 0 Å². The maximum atomic E-state index is 3.97. The van der Waals surface area contributed by atoms with Crippen LogP contribution in [-0.2, 0) is 0 Å². The van der Waals surface area contributed by atoms with Crippen molar-refractivity contribution in [1.29, 1.82) is 0 Å². The number of hydrogen-bond acceptors (Lipinski definition) is 0. The molecule has 0 saturated heterocycles. The largest absolute Gasteiger partial charge is 0.0654 e. The molecule has 0 saturated carbocycles. The maximum Gasteiger partial charge on any atom is -0.0414 e. The average molecular weight is 352 g/mol. The summed E-state index contributed by atoms with van der Waals surface area (Å²) >= 11 is 0. The Hall–Kier alpha value is 0. The quantitative estimate of drug-likeness (QED) is 0.180. The van der Waals surface area contributed by atoms with Crippen LogP contribution in [0.3, 0.4) is 0 Å². The fourth-order valence-corrected chi connectivity index (χ4v) is 4.08. The highest BCUT2D eigenvalue weighted by Crippen LogP contribution is 2.22. The highest BCUT2D eigenvalue weighted by molar-refractivity contribution is 4.61. The van der Waals surface area contributed by atoms with Crippen LogP contribution in [0.2, 0.25) is 0 Å². The van der Waals surface area contributed by atoms with Crippen molar-refractivity contribution in [1.82, 2.24) is 0 Å². The number of unbranched alkanes of at least 4 members (excludes halogenated alkanes) is 15. The van der Waals surface area contributed by atoms with Crippen LogP contribution >= 0.6 is 0 Å². The van der Waals surface area contributed by atoms with E-state index >= 15 is 0 Å². The van der Waals surface area contributed by atoms with E-state index in [1.54, 1.807) is 0 Å². The lowest BCUT2D eigenvalue weighted by molar-refractivity contribution is 0.381. The van der Waals surface area contributed by atoms with Crippen LogP contribution in [-0.4, -0.2) is 0 Å². The molecule has 0 heterocycles. The summed E-state index contributed by atoms with van der Waals surface area (Å²) in [7, 11) is 0. The maximum absolute atomic E-state index is 3.97. The van der Waals surface area contributed by atoms with Crippen LogP contribution in [0, 0.1) is 12.8 Å². The number of hydrogen-bond donors (Lipinski definition) is 0. The third-order valence-corrected chi connectivity index (χ3v) is 5.78. The van der Waals surface area contributed by atoms with Crippen LogP contribution < -0.4 is 0 Å². The van der Waals surface area contributed by atoms with Gasteiger partial charge >= 0.3 is 0 Å². The van der Waals surface area contributed by atoms with E-state index in [-0.39, 0.29) is 0 Å². The second-order valence-corrected chi connectivity index (χ2v) is 8.39. The fraction of sp³-hybridized carbons (Fsp3) is 0.960. The van der Waals surface area contributed by atoms with E-state index in [4.69, 9.17) is 0 Å². The fourth-order valence-electron chi connectivity index (χ4n) is 4.08. The lowest BCUT2D eigenvalue weighted by atomic mass is 9.91. The molecule has 1 unspecified atom stereocenters. The Morgan fingerprint density at radius 3 is 1.24 bits per heavy atom. The molecule has 0 aromatic carbocycles. The third kappa shape index (κ3) is 20.2. The average Bonchev–Trinajstić information content (AvgIpc) is 2.62. The molecule has 1 radical (unpaired) electrons. The van der Waals surface area contributed by atoms with E-state index in [0.29, 0.717) is 0 Å². The summed E-state index contributed by atoms with van der Waals surface area (Å²) in [5, 5.41) is 0. The van der Waals surface area contributed by atoms with Gasteiger partial charge in [0, 0.05) is 0 Å². The molecule has 0 rings (SSSR count). The third-order valence-electron chi connectivity index (χ3n) is 5.78. The van der Waals surface area contributed by atoms with Gasteiger partial charge in [0.15, 0.2) is 0 Å². The summed E-state index contributed by atoms with van der Waals surface area (Å²) in [5.74, 6) is 1.01. The zero-order chi connectivity index (χ0) is 18.4. The second-order valence-electron chi connectivity index (χ2n) is 8.39. The number of rotatable bonds is 21. The van der Waals surface area contributed by atoms with Crippen molar-refractivity contribution >= 4 is 0 Å². The molecular weight excluding hydrogens is 300 g/mol. The van der Waals surface area contributed by atoms with Crippen LogP contribution in [0.4, 0.5) is 0 Å². The minimum absolute atomic E-state index is 1.01. The van der Waals surface area contributed by atoms with Gasteiger partial charge in [-0.25, -0.2) is 0 Å². The second kappa shape index (κ2) is 22.0. The molecule has 0 N–H and O–H groups in total. The van der Waals surface area contributed by atoms with E-state index < -0.39 is 0 Å². The molecule has 0 spiro atoms. The van der Waals surface area contributed by atoms with Crippen LogP contribution in [0.25, 0.3) is 0 Å². The molecule has 0 aliphatic heterocycles. The topological polar surface area (TPSA) is 0 Å². The van der Waals surface area contributed by atoms with Gasteiger partial charge in [-0.05, 0) is 5.92 Å². The van der Waals surface area contributed by atoms with Gasteiger partial charge < -0.3 is 0 Å². The Bertz CT molecular complexity index is 220. The summed E-state index contributed by atoms with van der Waals surface area (Å²) in [4.78, 5) is 0. The highest BCUT2D eigenvalue weighted by Gasteiger charge is 2.07. The van der Waals surface area contributed by atoms with Gasteiger partial charge in [0.25, 0.3) is 0 Å². The Balaban J connectivity index is 3.25. The highest BCUT2D eigenvalue weighted by atomic mass is 14.1. The minimum Gasteiger partial charge on any atom is -0.0654 e. The van der Waals surface area contributed by atoms with Crippen molar-refractivity contribution in [3.05, 3.63) is 6.92 Å². The van der Waals surface area contributed by atoms with Gasteiger partial charge in [-0.3, -0.25) is 0 Å².